The first-order valence-corrected chi connectivity index (χ1v) is 9.96. The van der Waals surface area contributed by atoms with Gasteiger partial charge in [0.05, 0.1) is 6.20 Å². The van der Waals surface area contributed by atoms with E-state index < -0.39 is 0 Å². The van der Waals surface area contributed by atoms with Crippen molar-refractivity contribution in [2.45, 2.75) is 39.5 Å². The Morgan fingerprint density at radius 1 is 1.24 bits per heavy atom. The van der Waals surface area contributed by atoms with Crippen LogP contribution in [0.4, 0.5) is 5.69 Å². The number of allylic oxidation sites excluding steroid dienone is 3. The van der Waals surface area contributed by atoms with E-state index in [0.717, 1.165) is 22.6 Å². The zero-order valence-electron chi connectivity index (χ0n) is 17.3. The number of amides is 1. The summed E-state index contributed by atoms with van der Waals surface area (Å²) in [6.45, 7) is 12.5. The number of fused-ring (bicyclic) bond motifs is 1. The predicted molar refractivity (Wildman–Crippen MR) is 119 cm³/mol. The van der Waals surface area contributed by atoms with Crippen molar-refractivity contribution in [2.75, 3.05) is 11.4 Å². The lowest BCUT2D eigenvalue weighted by Gasteiger charge is -2.32. The Balaban J connectivity index is 2.17. The molecule has 29 heavy (non-hydrogen) atoms. The van der Waals surface area contributed by atoms with E-state index in [1.54, 1.807) is 12.4 Å². The zero-order chi connectivity index (χ0) is 20.8. The molecule has 1 aromatic carbocycles. The van der Waals surface area contributed by atoms with Gasteiger partial charge in [-0.25, -0.2) is 0 Å². The van der Waals surface area contributed by atoms with Crippen LogP contribution in [0.1, 0.15) is 37.0 Å². The van der Waals surface area contributed by atoms with Crippen molar-refractivity contribution in [3.63, 3.8) is 0 Å². The average Bonchev–Trinajstić information content (AvgIpc) is 2.70. The average molecular weight is 389 g/mol. The molecule has 0 saturated carbocycles. The van der Waals surface area contributed by atoms with Gasteiger partial charge in [0.25, 0.3) is 0 Å². The van der Waals surface area contributed by atoms with E-state index in [1.807, 2.05) is 43.0 Å². The second-order valence-corrected chi connectivity index (χ2v) is 7.40. The van der Waals surface area contributed by atoms with Gasteiger partial charge in [-0.2, -0.15) is 0 Å². The number of hydrogen-bond acceptors (Lipinski definition) is 3. The van der Waals surface area contributed by atoms with Gasteiger partial charge in [-0.05, 0) is 56.9 Å². The molecule has 0 atom stereocenters. The molecule has 0 spiro atoms. The standard InChI is InChI=1S/C25H28N2O2/c1-5-8-19-16-23-21(11-12-24(28)27(23)15-13-18(3)4)22(9-6-2)25(19)29-20-10-7-14-26-17-20/h5-7,10,13-14,16-17H,1-2,8-9,11-12,15H2,3-4H3. The molecular formula is C25H28N2O2. The van der Waals surface area contributed by atoms with Crippen LogP contribution in [0.5, 0.6) is 11.5 Å². The quantitative estimate of drug-likeness (QED) is 0.555. The van der Waals surface area contributed by atoms with Gasteiger partial charge in [0.15, 0.2) is 0 Å². The third-order valence-corrected chi connectivity index (χ3v) is 4.98. The number of pyridine rings is 1. The Hall–Kier alpha value is -3.14. The summed E-state index contributed by atoms with van der Waals surface area (Å²) < 4.78 is 6.30. The highest BCUT2D eigenvalue weighted by atomic mass is 16.5. The minimum Gasteiger partial charge on any atom is -0.455 e. The summed E-state index contributed by atoms with van der Waals surface area (Å²) in [7, 11) is 0. The third kappa shape index (κ3) is 4.65. The Morgan fingerprint density at radius 2 is 2.03 bits per heavy atom. The van der Waals surface area contributed by atoms with E-state index in [9.17, 15) is 4.79 Å². The Morgan fingerprint density at radius 3 is 2.69 bits per heavy atom. The van der Waals surface area contributed by atoms with Crippen molar-refractivity contribution in [1.82, 2.24) is 4.98 Å². The van der Waals surface area contributed by atoms with Crippen molar-refractivity contribution in [3.8, 4) is 11.5 Å². The second kappa shape index (κ2) is 9.37. The first-order valence-electron chi connectivity index (χ1n) is 9.96. The summed E-state index contributed by atoms with van der Waals surface area (Å²) in [5, 5.41) is 0. The van der Waals surface area contributed by atoms with Gasteiger partial charge in [-0.15, -0.1) is 13.2 Å². The van der Waals surface area contributed by atoms with E-state index in [0.29, 0.717) is 38.0 Å². The van der Waals surface area contributed by atoms with Crippen molar-refractivity contribution in [3.05, 3.63) is 84.2 Å². The Bertz CT molecular complexity index is 941. The van der Waals surface area contributed by atoms with E-state index in [-0.39, 0.29) is 5.91 Å². The molecule has 0 saturated heterocycles. The van der Waals surface area contributed by atoms with Gasteiger partial charge in [0.1, 0.15) is 11.5 Å². The molecule has 1 aromatic heterocycles. The van der Waals surface area contributed by atoms with Crippen LogP contribution >= 0.6 is 0 Å². The summed E-state index contributed by atoms with van der Waals surface area (Å²) in [5.41, 5.74) is 5.44. The molecule has 0 fully saturated rings. The molecule has 3 rings (SSSR count). The highest BCUT2D eigenvalue weighted by molar-refractivity contribution is 5.97. The lowest BCUT2D eigenvalue weighted by molar-refractivity contribution is -0.118. The van der Waals surface area contributed by atoms with Crippen molar-refractivity contribution >= 4 is 11.6 Å². The van der Waals surface area contributed by atoms with Gasteiger partial charge >= 0.3 is 0 Å². The molecule has 1 aliphatic rings. The van der Waals surface area contributed by atoms with Crippen LogP contribution in [0.15, 0.2) is 67.6 Å². The summed E-state index contributed by atoms with van der Waals surface area (Å²) in [4.78, 5) is 18.7. The maximum Gasteiger partial charge on any atom is 0.227 e. The maximum absolute atomic E-state index is 12.7. The number of carbonyl (C=O) groups excluding carboxylic acids is 1. The van der Waals surface area contributed by atoms with E-state index in [4.69, 9.17) is 4.74 Å². The fourth-order valence-electron chi connectivity index (χ4n) is 3.62. The molecule has 4 heteroatoms. The monoisotopic (exact) mass is 388 g/mol. The third-order valence-electron chi connectivity index (χ3n) is 4.98. The van der Waals surface area contributed by atoms with Crippen LogP contribution in [0.3, 0.4) is 0 Å². The normalized spacial score (nSPS) is 12.9. The van der Waals surface area contributed by atoms with Crippen LogP contribution < -0.4 is 9.64 Å². The molecule has 0 radical (unpaired) electrons. The molecular weight excluding hydrogens is 360 g/mol. The fraction of sp³-hybridized carbons (Fsp3) is 0.280. The molecule has 1 aliphatic heterocycles. The first-order chi connectivity index (χ1) is 14.0. The van der Waals surface area contributed by atoms with Crippen LogP contribution in [-0.4, -0.2) is 17.4 Å². The minimum atomic E-state index is 0.157. The number of hydrogen-bond donors (Lipinski definition) is 0. The number of ether oxygens (including phenoxy) is 1. The molecule has 4 nitrogen and oxygen atoms in total. The molecule has 0 bridgehead atoms. The van der Waals surface area contributed by atoms with Crippen molar-refractivity contribution in [2.24, 2.45) is 0 Å². The number of anilines is 1. The zero-order valence-corrected chi connectivity index (χ0v) is 17.3. The summed E-state index contributed by atoms with van der Waals surface area (Å²) in [6.07, 6.45) is 11.8. The lowest BCUT2D eigenvalue weighted by Crippen LogP contribution is -2.36. The summed E-state index contributed by atoms with van der Waals surface area (Å²) in [5.74, 6) is 1.68. The van der Waals surface area contributed by atoms with Gasteiger partial charge in [0.2, 0.25) is 5.91 Å². The largest absolute Gasteiger partial charge is 0.455 e. The SMILES string of the molecule is C=CCc1cc2c(c(CC=C)c1Oc1cccnc1)CCC(=O)N2CC=C(C)C. The molecule has 2 heterocycles. The fourth-order valence-corrected chi connectivity index (χ4v) is 3.62. The Labute approximate surface area is 173 Å². The molecule has 0 aliphatic carbocycles. The predicted octanol–water partition coefficient (Wildman–Crippen LogP) is 5.58. The topological polar surface area (TPSA) is 42.4 Å². The second-order valence-electron chi connectivity index (χ2n) is 7.40. The number of benzene rings is 1. The van der Waals surface area contributed by atoms with Crippen LogP contribution in [-0.2, 0) is 24.1 Å². The smallest absolute Gasteiger partial charge is 0.227 e. The molecule has 0 N–H and O–H groups in total. The minimum absolute atomic E-state index is 0.157. The van der Waals surface area contributed by atoms with E-state index in [2.05, 4.69) is 30.3 Å². The number of carbonyl (C=O) groups is 1. The van der Waals surface area contributed by atoms with Crippen molar-refractivity contribution in [1.29, 1.82) is 0 Å². The van der Waals surface area contributed by atoms with E-state index >= 15 is 0 Å². The number of aromatic nitrogens is 1. The summed E-state index contributed by atoms with van der Waals surface area (Å²) >= 11 is 0. The van der Waals surface area contributed by atoms with Crippen LogP contribution in [0.2, 0.25) is 0 Å². The molecule has 150 valence electrons. The van der Waals surface area contributed by atoms with Gasteiger partial charge in [0, 0.05) is 36.0 Å². The molecule has 2 aromatic rings. The Kier molecular flexibility index (Phi) is 6.65. The first kappa shape index (κ1) is 20.6. The van der Waals surface area contributed by atoms with Gasteiger partial charge < -0.3 is 9.64 Å². The van der Waals surface area contributed by atoms with Crippen molar-refractivity contribution < 1.29 is 9.53 Å². The highest BCUT2D eigenvalue weighted by Gasteiger charge is 2.28. The van der Waals surface area contributed by atoms with Crippen LogP contribution in [0.25, 0.3) is 0 Å². The van der Waals surface area contributed by atoms with Crippen LogP contribution in [0, 0.1) is 0 Å². The lowest BCUT2D eigenvalue weighted by atomic mass is 9.90. The molecule has 1 amide bonds. The number of nitrogens with zero attached hydrogens (tertiary/aromatic N) is 2. The summed E-state index contributed by atoms with van der Waals surface area (Å²) in [6, 6.07) is 5.84. The number of rotatable bonds is 8. The van der Waals surface area contributed by atoms with E-state index in [1.165, 1.54) is 11.1 Å². The highest BCUT2D eigenvalue weighted by Crippen LogP contribution is 2.41. The molecule has 0 unspecified atom stereocenters. The van der Waals surface area contributed by atoms with Gasteiger partial charge in [-0.1, -0.05) is 23.8 Å². The van der Waals surface area contributed by atoms with Gasteiger partial charge in [-0.3, -0.25) is 9.78 Å². The maximum atomic E-state index is 12.7.